The number of urea groups is 1. The summed E-state index contributed by atoms with van der Waals surface area (Å²) in [6.07, 6.45) is 0.739. The zero-order chi connectivity index (χ0) is 19.5. The maximum absolute atomic E-state index is 13.1. The van der Waals surface area contributed by atoms with Gasteiger partial charge in [-0.05, 0) is 31.0 Å². The number of esters is 1. The van der Waals surface area contributed by atoms with E-state index in [1.54, 1.807) is 13.8 Å². The number of benzene rings is 1. The number of hydrogen-bond acceptors (Lipinski definition) is 5. The Bertz CT molecular complexity index is 762. The summed E-state index contributed by atoms with van der Waals surface area (Å²) in [6, 6.07) is 1.83. The average Bonchev–Trinajstić information content (AvgIpc) is 2.86. The number of hydrogen-bond donors (Lipinski definition) is 1. The molecular weight excluding hydrogens is 350 g/mol. The standard InChI is InChI=1S/C17H18F2N2O5/c1-3-17(4-2)15(24)21(16(25)20-17)8-14(23)26-9-13(22)10-5-6-11(18)12(19)7-10/h5-7H,3-4,8-9H2,1-2H3,(H,20,25). The fourth-order valence-electron chi connectivity index (χ4n) is 2.62. The summed E-state index contributed by atoms with van der Waals surface area (Å²) in [5.74, 6) is -4.54. The lowest BCUT2D eigenvalue weighted by Gasteiger charge is -2.22. The van der Waals surface area contributed by atoms with Crippen molar-refractivity contribution in [1.29, 1.82) is 0 Å². The maximum atomic E-state index is 13.1. The van der Waals surface area contributed by atoms with Crippen LogP contribution in [-0.2, 0) is 14.3 Å². The van der Waals surface area contributed by atoms with Gasteiger partial charge in [0.2, 0.25) is 0 Å². The van der Waals surface area contributed by atoms with E-state index in [1.807, 2.05) is 0 Å². The molecule has 1 N–H and O–H groups in total. The van der Waals surface area contributed by atoms with E-state index in [0.29, 0.717) is 18.9 Å². The predicted octanol–water partition coefficient (Wildman–Crippen LogP) is 1.80. The van der Waals surface area contributed by atoms with Crippen LogP contribution in [0.2, 0.25) is 0 Å². The van der Waals surface area contributed by atoms with Crippen LogP contribution in [0, 0.1) is 11.6 Å². The van der Waals surface area contributed by atoms with Crippen molar-refractivity contribution in [2.24, 2.45) is 0 Å². The molecule has 0 atom stereocenters. The number of Topliss-reactive ketones (excluding diaryl/α,β-unsaturated/α-hetero) is 1. The van der Waals surface area contributed by atoms with Crippen LogP contribution in [0.1, 0.15) is 37.0 Å². The van der Waals surface area contributed by atoms with E-state index in [4.69, 9.17) is 4.74 Å². The van der Waals surface area contributed by atoms with Crippen LogP contribution in [0.4, 0.5) is 13.6 Å². The molecule has 1 fully saturated rings. The van der Waals surface area contributed by atoms with Gasteiger partial charge >= 0.3 is 12.0 Å². The molecule has 0 unspecified atom stereocenters. The van der Waals surface area contributed by atoms with Crippen molar-refractivity contribution in [3.8, 4) is 0 Å². The Hall–Kier alpha value is -2.84. The van der Waals surface area contributed by atoms with Gasteiger partial charge in [0.25, 0.3) is 5.91 Å². The lowest BCUT2D eigenvalue weighted by atomic mass is 9.93. The summed E-state index contributed by atoms with van der Waals surface area (Å²) in [6.45, 7) is 2.12. The highest BCUT2D eigenvalue weighted by molar-refractivity contribution is 6.08. The molecule has 0 aliphatic carbocycles. The Morgan fingerprint density at radius 3 is 2.35 bits per heavy atom. The highest BCUT2D eigenvalue weighted by Crippen LogP contribution is 2.24. The normalized spacial score (nSPS) is 15.8. The van der Waals surface area contributed by atoms with E-state index in [1.165, 1.54) is 0 Å². The van der Waals surface area contributed by atoms with Gasteiger partial charge in [0.05, 0.1) is 0 Å². The minimum absolute atomic E-state index is 0.164. The summed E-state index contributed by atoms with van der Waals surface area (Å²) in [4.78, 5) is 48.7. The lowest BCUT2D eigenvalue weighted by molar-refractivity contribution is -0.146. The molecule has 0 aromatic heterocycles. The second-order valence-corrected chi connectivity index (χ2v) is 5.82. The van der Waals surface area contributed by atoms with E-state index in [9.17, 15) is 28.0 Å². The average molecular weight is 368 g/mol. The van der Waals surface area contributed by atoms with Gasteiger partial charge in [-0.15, -0.1) is 0 Å². The number of nitrogens with one attached hydrogen (secondary N) is 1. The molecule has 1 aliphatic heterocycles. The van der Waals surface area contributed by atoms with Crippen molar-refractivity contribution in [3.05, 3.63) is 35.4 Å². The molecule has 0 radical (unpaired) electrons. The predicted molar refractivity (Wildman–Crippen MR) is 85.2 cm³/mol. The monoisotopic (exact) mass is 368 g/mol. The van der Waals surface area contributed by atoms with Gasteiger partial charge in [-0.2, -0.15) is 0 Å². The number of rotatable bonds is 7. The van der Waals surface area contributed by atoms with Crippen molar-refractivity contribution in [3.63, 3.8) is 0 Å². The van der Waals surface area contributed by atoms with Crippen LogP contribution in [0.25, 0.3) is 0 Å². The van der Waals surface area contributed by atoms with Crippen molar-refractivity contribution < 1.29 is 32.7 Å². The molecule has 7 nitrogen and oxygen atoms in total. The molecule has 9 heteroatoms. The minimum atomic E-state index is -1.20. The molecule has 1 heterocycles. The van der Waals surface area contributed by atoms with Gasteiger partial charge in [0, 0.05) is 5.56 Å². The Balaban J connectivity index is 1.94. The van der Waals surface area contributed by atoms with E-state index >= 15 is 0 Å². The number of carbonyl (C=O) groups is 4. The summed E-state index contributed by atoms with van der Waals surface area (Å²) in [5.41, 5.74) is -1.21. The molecule has 0 spiro atoms. The SMILES string of the molecule is CCC1(CC)NC(=O)N(CC(=O)OCC(=O)c2ccc(F)c(F)c2)C1=O. The van der Waals surface area contributed by atoms with Crippen LogP contribution in [0.15, 0.2) is 18.2 Å². The highest BCUT2D eigenvalue weighted by Gasteiger charge is 2.49. The Morgan fingerprint density at radius 2 is 1.81 bits per heavy atom. The van der Waals surface area contributed by atoms with E-state index in [0.717, 1.165) is 17.0 Å². The minimum Gasteiger partial charge on any atom is -0.456 e. The van der Waals surface area contributed by atoms with Gasteiger partial charge in [-0.25, -0.2) is 13.6 Å². The van der Waals surface area contributed by atoms with Crippen LogP contribution in [-0.4, -0.2) is 47.3 Å². The first kappa shape index (κ1) is 19.5. The molecule has 1 aliphatic rings. The maximum Gasteiger partial charge on any atom is 0.326 e. The lowest BCUT2D eigenvalue weighted by Crippen LogP contribution is -2.46. The fraction of sp³-hybridized carbons (Fsp3) is 0.412. The summed E-state index contributed by atoms with van der Waals surface area (Å²) >= 11 is 0. The third kappa shape index (κ3) is 3.71. The molecule has 0 bridgehead atoms. The first-order valence-electron chi connectivity index (χ1n) is 8.02. The first-order valence-corrected chi connectivity index (χ1v) is 8.02. The van der Waals surface area contributed by atoms with E-state index in [2.05, 4.69) is 5.32 Å². The largest absolute Gasteiger partial charge is 0.456 e. The van der Waals surface area contributed by atoms with Gasteiger partial charge < -0.3 is 10.1 Å². The zero-order valence-electron chi connectivity index (χ0n) is 14.3. The Labute approximate surface area is 148 Å². The van der Waals surface area contributed by atoms with Crippen LogP contribution in [0.5, 0.6) is 0 Å². The van der Waals surface area contributed by atoms with Crippen LogP contribution >= 0.6 is 0 Å². The van der Waals surface area contributed by atoms with Crippen molar-refractivity contribution in [2.75, 3.05) is 13.2 Å². The van der Waals surface area contributed by atoms with Gasteiger partial charge in [0.15, 0.2) is 24.0 Å². The van der Waals surface area contributed by atoms with Gasteiger partial charge in [-0.1, -0.05) is 13.8 Å². The molecule has 1 saturated heterocycles. The highest BCUT2D eigenvalue weighted by atomic mass is 19.2. The number of ketones is 1. The number of amides is 3. The quantitative estimate of drug-likeness (QED) is 0.450. The molecule has 3 amide bonds. The summed E-state index contributed by atoms with van der Waals surface area (Å²) in [7, 11) is 0. The second kappa shape index (κ2) is 7.59. The fourth-order valence-corrected chi connectivity index (χ4v) is 2.62. The van der Waals surface area contributed by atoms with Crippen LogP contribution < -0.4 is 5.32 Å². The smallest absolute Gasteiger partial charge is 0.326 e. The number of halogens is 2. The third-order valence-corrected chi connectivity index (χ3v) is 4.35. The first-order chi connectivity index (χ1) is 12.2. The van der Waals surface area contributed by atoms with E-state index < -0.39 is 54.0 Å². The Morgan fingerprint density at radius 1 is 1.15 bits per heavy atom. The molecule has 2 rings (SSSR count). The van der Waals surface area contributed by atoms with E-state index in [-0.39, 0.29) is 5.56 Å². The third-order valence-electron chi connectivity index (χ3n) is 4.35. The number of carbonyl (C=O) groups excluding carboxylic acids is 4. The van der Waals surface area contributed by atoms with Crippen molar-refractivity contribution in [2.45, 2.75) is 32.2 Å². The van der Waals surface area contributed by atoms with Crippen LogP contribution in [0.3, 0.4) is 0 Å². The number of imide groups is 1. The number of nitrogens with zero attached hydrogens (tertiary/aromatic N) is 1. The molecule has 1 aromatic carbocycles. The molecular formula is C17H18F2N2O5. The molecule has 1 aromatic rings. The van der Waals surface area contributed by atoms with Crippen molar-refractivity contribution in [1.82, 2.24) is 10.2 Å². The topological polar surface area (TPSA) is 92.8 Å². The molecule has 140 valence electrons. The van der Waals surface area contributed by atoms with Gasteiger partial charge in [-0.3, -0.25) is 19.3 Å². The molecule has 0 saturated carbocycles. The Kier molecular flexibility index (Phi) is 5.69. The number of ether oxygens (including phenoxy) is 1. The molecule has 26 heavy (non-hydrogen) atoms. The zero-order valence-corrected chi connectivity index (χ0v) is 14.3. The van der Waals surface area contributed by atoms with Gasteiger partial charge in [0.1, 0.15) is 12.1 Å². The summed E-state index contributed by atoms with van der Waals surface area (Å²) < 4.78 is 30.7. The van der Waals surface area contributed by atoms with Crippen molar-refractivity contribution >= 4 is 23.7 Å². The second-order valence-electron chi connectivity index (χ2n) is 5.82. The summed E-state index contributed by atoms with van der Waals surface area (Å²) in [5, 5.41) is 2.56.